The standard InChI is InChI=1S/C27H36N6O4S/c1-4-7-20(17-34)30-26-25-24(31-27(28)32-26)21-8-5-6-9-22(21)33(25)16-19-14-18(10-11-23(19)37-2)15-29-12-13-38(3,35)36/h5-6,8-11,14,20,29,34H,4,7,12-13,15-17H2,1-3H3,(H3,28,30,31,32)/t20-/m0/s1. The lowest BCUT2D eigenvalue weighted by Crippen LogP contribution is -2.25. The molecule has 0 spiro atoms. The van der Waals surface area contributed by atoms with Gasteiger partial charge in [0, 0.05) is 30.3 Å². The van der Waals surface area contributed by atoms with Crippen LogP contribution in [0.1, 0.15) is 30.9 Å². The minimum atomic E-state index is -3.02. The molecule has 0 saturated carbocycles. The van der Waals surface area contributed by atoms with Crippen molar-refractivity contribution >= 4 is 43.5 Å². The molecule has 0 saturated heterocycles. The molecule has 0 bridgehead atoms. The van der Waals surface area contributed by atoms with E-state index >= 15 is 0 Å². The van der Waals surface area contributed by atoms with Gasteiger partial charge < -0.3 is 30.8 Å². The lowest BCUT2D eigenvalue weighted by molar-refractivity contribution is 0.268. The first kappa shape index (κ1) is 27.6. The fourth-order valence-electron chi connectivity index (χ4n) is 4.69. The Bertz CT molecular complexity index is 1520. The molecule has 0 aliphatic rings. The third-order valence-corrected chi connectivity index (χ3v) is 7.42. The van der Waals surface area contributed by atoms with E-state index in [0.717, 1.165) is 51.7 Å². The Kier molecular flexibility index (Phi) is 8.70. The molecule has 11 heteroatoms. The highest BCUT2D eigenvalue weighted by Gasteiger charge is 2.20. The third-order valence-electron chi connectivity index (χ3n) is 6.47. The van der Waals surface area contributed by atoms with E-state index in [1.807, 2.05) is 36.4 Å². The van der Waals surface area contributed by atoms with Crippen LogP contribution >= 0.6 is 0 Å². The number of hydrogen-bond acceptors (Lipinski definition) is 9. The highest BCUT2D eigenvalue weighted by Crippen LogP contribution is 2.34. The normalized spacial score (nSPS) is 12.7. The molecule has 0 unspecified atom stereocenters. The number of sulfone groups is 1. The molecule has 2 aromatic heterocycles. The number of aromatic nitrogens is 3. The van der Waals surface area contributed by atoms with Gasteiger partial charge in [0.05, 0.1) is 37.6 Å². The van der Waals surface area contributed by atoms with E-state index in [4.69, 9.17) is 10.5 Å². The summed E-state index contributed by atoms with van der Waals surface area (Å²) in [5.74, 6) is 1.56. The van der Waals surface area contributed by atoms with Gasteiger partial charge in [-0.05, 0) is 30.2 Å². The van der Waals surface area contributed by atoms with E-state index in [2.05, 4.69) is 38.2 Å². The van der Waals surface area contributed by atoms with Gasteiger partial charge in [-0.2, -0.15) is 4.98 Å². The van der Waals surface area contributed by atoms with Crippen LogP contribution in [0.2, 0.25) is 0 Å². The van der Waals surface area contributed by atoms with E-state index in [-0.39, 0.29) is 24.3 Å². The maximum absolute atomic E-state index is 11.4. The van der Waals surface area contributed by atoms with Crippen LogP contribution in [0.3, 0.4) is 0 Å². The SMILES string of the molecule is CCC[C@@H](CO)Nc1nc(N)nc2c3ccccc3n(Cc3cc(CNCCS(C)(=O)=O)ccc3OC)c12. The molecule has 0 aliphatic heterocycles. The fourth-order valence-corrected chi connectivity index (χ4v) is 5.20. The molecule has 0 fully saturated rings. The molecular weight excluding hydrogens is 504 g/mol. The van der Waals surface area contributed by atoms with Crippen molar-refractivity contribution in [2.75, 3.05) is 43.3 Å². The largest absolute Gasteiger partial charge is 0.496 e. The second kappa shape index (κ2) is 12.0. The quantitative estimate of drug-likeness (QED) is 0.188. The van der Waals surface area contributed by atoms with Crippen molar-refractivity contribution in [3.05, 3.63) is 53.6 Å². The maximum Gasteiger partial charge on any atom is 0.222 e. The van der Waals surface area contributed by atoms with Crippen molar-refractivity contribution in [1.82, 2.24) is 19.9 Å². The summed E-state index contributed by atoms with van der Waals surface area (Å²) in [6, 6.07) is 13.8. The zero-order valence-corrected chi connectivity index (χ0v) is 22.9. The number of benzene rings is 2. The number of aliphatic hydroxyl groups excluding tert-OH is 1. The summed E-state index contributed by atoms with van der Waals surface area (Å²) in [6.07, 6.45) is 2.93. The van der Waals surface area contributed by atoms with E-state index in [1.165, 1.54) is 6.26 Å². The number of nitrogens with one attached hydrogen (secondary N) is 2. The Labute approximate surface area is 223 Å². The fraction of sp³-hybridized carbons (Fsp3) is 0.407. The average Bonchev–Trinajstić information content (AvgIpc) is 3.19. The second-order valence-corrected chi connectivity index (χ2v) is 11.8. The molecule has 0 aliphatic carbocycles. The van der Waals surface area contributed by atoms with Crippen molar-refractivity contribution in [1.29, 1.82) is 0 Å². The number of hydrogen-bond donors (Lipinski definition) is 4. The van der Waals surface area contributed by atoms with E-state index in [0.29, 0.717) is 25.5 Å². The highest BCUT2D eigenvalue weighted by atomic mass is 32.2. The zero-order valence-electron chi connectivity index (χ0n) is 22.1. The smallest absolute Gasteiger partial charge is 0.222 e. The predicted molar refractivity (Wildman–Crippen MR) is 152 cm³/mol. The topological polar surface area (TPSA) is 144 Å². The monoisotopic (exact) mass is 540 g/mol. The van der Waals surface area contributed by atoms with Crippen molar-refractivity contribution < 1.29 is 18.3 Å². The Balaban J connectivity index is 1.77. The Hall–Kier alpha value is -3.41. The van der Waals surface area contributed by atoms with Crippen LogP contribution in [0.15, 0.2) is 42.5 Å². The number of methoxy groups -OCH3 is 1. The van der Waals surface area contributed by atoms with E-state index < -0.39 is 9.84 Å². The number of rotatable bonds is 13. The Morgan fingerprint density at radius 1 is 1.18 bits per heavy atom. The number of aliphatic hydroxyl groups is 1. The lowest BCUT2D eigenvalue weighted by atomic mass is 10.1. The summed E-state index contributed by atoms with van der Waals surface area (Å²) in [5.41, 5.74) is 10.6. The number of nitrogen functional groups attached to an aromatic ring is 1. The Morgan fingerprint density at radius 3 is 2.68 bits per heavy atom. The number of para-hydroxylation sites is 1. The summed E-state index contributed by atoms with van der Waals surface area (Å²) in [7, 11) is -1.38. The highest BCUT2D eigenvalue weighted by molar-refractivity contribution is 7.90. The summed E-state index contributed by atoms with van der Waals surface area (Å²) in [4.78, 5) is 9.12. The van der Waals surface area contributed by atoms with Crippen molar-refractivity contribution in [2.24, 2.45) is 0 Å². The lowest BCUT2D eigenvalue weighted by Gasteiger charge is -2.19. The minimum absolute atomic E-state index is 0.0261. The molecule has 4 aromatic rings. The van der Waals surface area contributed by atoms with Gasteiger partial charge in [0.15, 0.2) is 5.82 Å². The molecule has 4 rings (SSSR count). The van der Waals surface area contributed by atoms with Crippen LogP contribution in [-0.2, 0) is 22.9 Å². The van der Waals surface area contributed by atoms with Crippen LogP contribution in [0.25, 0.3) is 21.9 Å². The number of anilines is 2. The first-order chi connectivity index (χ1) is 18.2. The molecular formula is C27H36N6O4S. The zero-order chi connectivity index (χ0) is 27.3. The molecule has 38 heavy (non-hydrogen) atoms. The maximum atomic E-state index is 11.4. The van der Waals surface area contributed by atoms with Crippen LogP contribution < -0.4 is 21.1 Å². The minimum Gasteiger partial charge on any atom is -0.496 e. The summed E-state index contributed by atoms with van der Waals surface area (Å²) in [6.45, 7) is 3.43. The van der Waals surface area contributed by atoms with E-state index in [1.54, 1.807) is 7.11 Å². The van der Waals surface area contributed by atoms with Crippen molar-refractivity contribution in [2.45, 2.75) is 38.9 Å². The average molecular weight is 541 g/mol. The first-order valence-corrected chi connectivity index (χ1v) is 14.8. The second-order valence-electron chi connectivity index (χ2n) is 9.50. The summed E-state index contributed by atoms with van der Waals surface area (Å²) < 4.78 is 30.7. The van der Waals surface area contributed by atoms with Crippen LogP contribution in [0.4, 0.5) is 11.8 Å². The first-order valence-electron chi connectivity index (χ1n) is 12.7. The molecule has 0 amide bonds. The molecule has 5 N–H and O–H groups in total. The predicted octanol–water partition coefficient (Wildman–Crippen LogP) is 2.93. The van der Waals surface area contributed by atoms with Gasteiger partial charge in [0.1, 0.15) is 26.6 Å². The summed E-state index contributed by atoms with van der Waals surface area (Å²) >= 11 is 0. The van der Waals surface area contributed by atoms with Gasteiger partial charge in [-0.1, -0.05) is 37.6 Å². The van der Waals surface area contributed by atoms with Crippen LogP contribution in [0, 0.1) is 0 Å². The molecule has 2 aromatic carbocycles. The van der Waals surface area contributed by atoms with Gasteiger partial charge in [-0.15, -0.1) is 0 Å². The summed E-state index contributed by atoms with van der Waals surface area (Å²) in [5, 5.41) is 17.5. The molecule has 2 heterocycles. The van der Waals surface area contributed by atoms with Crippen LogP contribution in [0.5, 0.6) is 5.75 Å². The van der Waals surface area contributed by atoms with Gasteiger partial charge >= 0.3 is 0 Å². The van der Waals surface area contributed by atoms with Crippen LogP contribution in [-0.4, -0.2) is 66.4 Å². The van der Waals surface area contributed by atoms with Gasteiger partial charge in [0.2, 0.25) is 5.95 Å². The van der Waals surface area contributed by atoms with Gasteiger partial charge in [0.25, 0.3) is 0 Å². The Morgan fingerprint density at radius 2 is 1.97 bits per heavy atom. The van der Waals surface area contributed by atoms with Crippen molar-refractivity contribution in [3.63, 3.8) is 0 Å². The number of nitrogens with two attached hydrogens (primary N) is 1. The molecule has 10 nitrogen and oxygen atoms in total. The number of ether oxygens (including phenoxy) is 1. The third kappa shape index (κ3) is 6.35. The molecule has 0 radical (unpaired) electrons. The number of fused-ring (bicyclic) bond motifs is 3. The van der Waals surface area contributed by atoms with Crippen molar-refractivity contribution in [3.8, 4) is 5.75 Å². The molecule has 204 valence electrons. The van der Waals surface area contributed by atoms with E-state index in [9.17, 15) is 13.5 Å². The van der Waals surface area contributed by atoms with Gasteiger partial charge in [-0.3, -0.25) is 0 Å². The molecule has 1 atom stereocenters. The number of nitrogens with zero attached hydrogens (tertiary/aromatic N) is 3. The van der Waals surface area contributed by atoms with Gasteiger partial charge in [-0.25, -0.2) is 13.4 Å².